The molecular formula is C18H21NO3S. The molecule has 1 aromatic heterocycles. The minimum Gasteiger partial charge on any atom is -0.493 e. The van der Waals surface area contributed by atoms with E-state index in [2.05, 4.69) is 11.9 Å². The molecule has 0 fully saturated rings. The fourth-order valence-corrected chi connectivity index (χ4v) is 3.18. The zero-order valence-electron chi connectivity index (χ0n) is 13.6. The van der Waals surface area contributed by atoms with E-state index < -0.39 is 0 Å². The number of thiophene rings is 1. The molecule has 0 saturated carbocycles. The molecule has 4 nitrogen and oxygen atoms in total. The van der Waals surface area contributed by atoms with Crippen molar-refractivity contribution in [3.63, 3.8) is 0 Å². The number of rotatable bonds is 7. The average Bonchev–Trinajstić information content (AvgIpc) is 2.97. The number of nitrogens with one attached hydrogen (secondary N) is 1. The van der Waals surface area contributed by atoms with Crippen molar-refractivity contribution in [2.24, 2.45) is 0 Å². The zero-order valence-corrected chi connectivity index (χ0v) is 14.5. The Morgan fingerprint density at radius 1 is 1.35 bits per heavy atom. The third kappa shape index (κ3) is 3.93. The molecule has 2 aromatic rings. The normalized spacial score (nSPS) is 10.2. The highest BCUT2D eigenvalue weighted by molar-refractivity contribution is 7.10. The Balaban J connectivity index is 2.23. The Morgan fingerprint density at radius 3 is 2.70 bits per heavy atom. The average molecular weight is 331 g/mol. The Bertz CT molecular complexity index is 706. The number of aryl methyl sites for hydroxylation is 1. The van der Waals surface area contributed by atoms with Crippen LogP contribution in [0.5, 0.6) is 11.5 Å². The molecule has 1 aromatic carbocycles. The van der Waals surface area contributed by atoms with Crippen LogP contribution in [0.25, 0.3) is 0 Å². The molecule has 0 aliphatic heterocycles. The van der Waals surface area contributed by atoms with Crippen LogP contribution in [0, 0.1) is 6.92 Å². The van der Waals surface area contributed by atoms with Crippen molar-refractivity contribution in [2.75, 3.05) is 14.2 Å². The summed E-state index contributed by atoms with van der Waals surface area (Å²) >= 11 is 1.64. The van der Waals surface area contributed by atoms with Crippen LogP contribution in [0.2, 0.25) is 0 Å². The maximum atomic E-state index is 12.4. The minimum atomic E-state index is -0.135. The van der Waals surface area contributed by atoms with E-state index in [-0.39, 0.29) is 5.91 Å². The summed E-state index contributed by atoms with van der Waals surface area (Å²) in [5.41, 5.74) is 2.61. The molecule has 1 N–H and O–H groups in total. The Labute approximate surface area is 140 Å². The lowest BCUT2D eigenvalue weighted by atomic mass is 10.0. The van der Waals surface area contributed by atoms with Crippen LogP contribution >= 0.6 is 11.3 Å². The summed E-state index contributed by atoms with van der Waals surface area (Å²) < 4.78 is 10.7. The molecule has 0 bridgehead atoms. The van der Waals surface area contributed by atoms with Gasteiger partial charge < -0.3 is 14.8 Å². The van der Waals surface area contributed by atoms with Crippen LogP contribution < -0.4 is 14.8 Å². The van der Waals surface area contributed by atoms with E-state index in [1.165, 1.54) is 5.56 Å². The summed E-state index contributed by atoms with van der Waals surface area (Å²) in [6.07, 6.45) is 2.37. The summed E-state index contributed by atoms with van der Waals surface area (Å²) in [4.78, 5) is 13.6. The number of carbonyl (C=O) groups excluding carboxylic acids is 1. The third-order valence-electron chi connectivity index (χ3n) is 3.56. The van der Waals surface area contributed by atoms with Gasteiger partial charge in [-0.05, 0) is 42.5 Å². The largest absolute Gasteiger partial charge is 0.493 e. The quantitative estimate of drug-likeness (QED) is 0.786. The third-order valence-corrected chi connectivity index (χ3v) is 4.58. The van der Waals surface area contributed by atoms with Gasteiger partial charge in [0.25, 0.3) is 5.91 Å². The van der Waals surface area contributed by atoms with E-state index in [0.717, 1.165) is 10.4 Å². The lowest BCUT2D eigenvalue weighted by Gasteiger charge is -2.14. The van der Waals surface area contributed by atoms with Gasteiger partial charge >= 0.3 is 0 Å². The highest BCUT2D eigenvalue weighted by Crippen LogP contribution is 2.33. The molecule has 0 spiro atoms. The summed E-state index contributed by atoms with van der Waals surface area (Å²) in [7, 11) is 3.15. The van der Waals surface area contributed by atoms with Crippen LogP contribution in [0.4, 0.5) is 0 Å². The minimum absolute atomic E-state index is 0.135. The van der Waals surface area contributed by atoms with E-state index in [9.17, 15) is 4.79 Å². The van der Waals surface area contributed by atoms with E-state index in [4.69, 9.17) is 9.47 Å². The summed E-state index contributed by atoms with van der Waals surface area (Å²) in [6.45, 7) is 6.31. The predicted molar refractivity (Wildman–Crippen MR) is 93.7 cm³/mol. The van der Waals surface area contributed by atoms with E-state index >= 15 is 0 Å². The van der Waals surface area contributed by atoms with Crippen molar-refractivity contribution < 1.29 is 14.3 Å². The van der Waals surface area contributed by atoms with E-state index in [0.29, 0.717) is 30.0 Å². The van der Waals surface area contributed by atoms with Crippen molar-refractivity contribution in [3.05, 3.63) is 57.8 Å². The lowest BCUT2D eigenvalue weighted by Crippen LogP contribution is -2.23. The second kappa shape index (κ2) is 7.83. The number of carbonyl (C=O) groups is 1. The Morgan fingerprint density at radius 2 is 2.13 bits per heavy atom. The molecule has 1 heterocycles. The SMILES string of the molecule is C=CCc1cc(C(=O)NCc2sccc2C)cc(OC)c1OC. The fourth-order valence-electron chi connectivity index (χ4n) is 2.33. The van der Waals surface area contributed by atoms with Crippen LogP contribution in [-0.4, -0.2) is 20.1 Å². The lowest BCUT2D eigenvalue weighted by molar-refractivity contribution is 0.0950. The highest BCUT2D eigenvalue weighted by atomic mass is 32.1. The molecule has 0 aliphatic rings. The van der Waals surface area contributed by atoms with E-state index in [1.807, 2.05) is 24.4 Å². The first-order valence-electron chi connectivity index (χ1n) is 7.27. The second-order valence-corrected chi connectivity index (χ2v) is 6.07. The number of hydrogen-bond acceptors (Lipinski definition) is 4. The number of ether oxygens (including phenoxy) is 2. The monoisotopic (exact) mass is 331 g/mol. The van der Waals surface area contributed by atoms with Crippen molar-refractivity contribution in [2.45, 2.75) is 19.9 Å². The van der Waals surface area contributed by atoms with Gasteiger partial charge in [0.05, 0.1) is 20.8 Å². The standard InChI is InChI=1S/C18H21NO3S/c1-5-6-13-9-14(10-15(21-3)17(13)22-4)18(20)19-11-16-12(2)7-8-23-16/h5,7-10H,1,6,11H2,2-4H3,(H,19,20). The zero-order chi connectivity index (χ0) is 16.8. The Kier molecular flexibility index (Phi) is 5.82. The van der Waals surface area contributed by atoms with Crippen LogP contribution in [0.15, 0.2) is 36.2 Å². The molecule has 0 aliphatic carbocycles. The highest BCUT2D eigenvalue weighted by Gasteiger charge is 2.15. The van der Waals surface area contributed by atoms with Crippen LogP contribution in [0.1, 0.15) is 26.4 Å². The second-order valence-electron chi connectivity index (χ2n) is 5.07. The predicted octanol–water partition coefficient (Wildman–Crippen LogP) is 3.73. The number of hydrogen-bond donors (Lipinski definition) is 1. The maximum Gasteiger partial charge on any atom is 0.251 e. The fraction of sp³-hybridized carbons (Fsp3) is 0.278. The number of allylic oxidation sites excluding steroid dienone is 1. The molecule has 23 heavy (non-hydrogen) atoms. The van der Waals surface area contributed by atoms with Gasteiger partial charge in [0.2, 0.25) is 0 Å². The van der Waals surface area contributed by atoms with Gasteiger partial charge in [-0.25, -0.2) is 0 Å². The van der Waals surface area contributed by atoms with Gasteiger partial charge in [-0.2, -0.15) is 0 Å². The first-order valence-corrected chi connectivity index (χ1v) is 8.15. The molecule has 5 heteroatoms. The molecule has 0 radical (unpaired) electrons. The topological polar surface area (TPSA) is 47.6 Å². The summed E-state index contributed by atoms with van der Waals surface area (Å²) in [5.74, 6) is 1.05. The number of methoxy groups -OCH3 is 2. The van der Waals surface area contributed by atoms with Gasteiger partial charge in [0, 0.05) is 16.0 Å². The first kappa shape index (κ1) is 17.1. The van der Waals surface area contributed by atoms with Gasteiger partial charge in [-0.3, -0.25) is 4.79 Å². The van der Waals surface area contributed by atoms with Crippen molar-refractivity contribution in [1.29, 1.82) is 0 Å². The summed E-state index contributed by atoms with van der Waals surface area (Å²) in [5, 5.41) is 4.97. The molecule has 0 unspecified atom stereocenters. The number of benzene rings is 1. The smallest absolute Gasteiger partial charge is 0.251 e. The number of amides is 1. The van der Waals surface area contributed by atoms with Crippen LogP contribution in [-0.2, 0) is 13.0 Å². The van der Waals surface area contributed by atoms with Gasteiger partial charge in [-0.1, -0.05) is 6.08 Å². The van der Waals surface area contributed by atoms with Gasteiger partial charge in [-0.15, -0.1) is 17.9 Å². The molecule has 1 amide bonds. The maximum absolute atomic E-state index is 12.4. The van der Waals surface area contributed by atoms with Crippen molar-refractivity contribution >= 4 is 17.2 Å². The molecule has 2 rings (SSSR count). The molecule has 0 atom stereocenters. The van der Waals surface area contributed by atoms with Crippen LogP contribution in [0.3, 0.4) is 0 Å². The van der Waals surface area contributed by atoms with E-state index in [1.54, 1.807) is 37.7 Å². The molecule has 122 valence electrons. The van der Waals surface area contributed by atoms with Crippen molar-refractivity contribution in [1.82, 2.24) is 5.32 Å². The first-order chi connectivity index (χ1) is 11.1. The van der Waals surface area contributed by atoms with Crippen molar-refractivity contribution in [3.8, 4) is 11.5 Å². The Hall–Kier alpha value is -2.27. The molecular weight excluding hydrogens is 310 g/mol. The summed E-state index contributed by atoms with van der Waals surface area (Å²) in [6, 6.07) is 5.56. The van der Waals surface area contributed by atoms with Gasteiger partial charge in [0.1, 0.15) is 0 Å². The molecule has 0 saturated heterocycles. The van der Waals surface area contributed by atoms with Gasteiger partial charge in [0.15, 0.2) is 11.5 Å².